The van der Waals surface area contributed by atoms with Gasteiger partial charge in [-0.3, -0.25) is 0 Å². The number of rotatable bonds is 2. The van der Waals surface area contributed by atoms with Gasteiger partial charge in [0.15, 0.2) is 0 Å². The lowest BCUT2D eigenvalue weighted by Gasteiger charge is -2.29. The van der Waals surface area contributed by atoms with Gasteiger partial charge in [-0.2, -0.15) is 0 Å². The second kappa shape index (κ2) is 4.83. The van der Waals surface area contributed by atoms with Crippen LogP contribution in [0.15, 0.2) is 23.6 Å². The molecule has 1 aliphatic heterocycles. The number of nitrogens with zero attached hydrogens (tertiary/aromatic N) is 1. The molecule has 0 spiro atoms. The maximum atomic E-state index is 10.2. The number of aliphatic hydroxyl groups excluding tert-OH is 1. The Morgan fingerprint density at radius 3 is 3.00 bits per heavy atom. The first kappa shape index (κ1) is 12.4. The van der Waals surface area contributed by atoms with Crippen LogP contribution in [0.1, 0.15) is 34.9 Å². The minimum atomic E-state index is -0.526. The van der Waals surface area contributed by atoms with Gasteiger partial charge in [0.1, 0.15) is 17.6 Å². The van der Waals surface area contributed by atoms with E-state index in [2.05, 4.69) is 4.98 Å². The van der Waals surface area contributed by atoms with Crippen molar-refractivity contribution in [2.75, 3.05) is 7.11 Å². The van der Waals surface area contributed by atoms with E-state index in [9.17, 15) is 5.11 Å². The van der Waals surface area contributed by atoms with E-state index in [1.165, 1.54) is 0 Å². The summed E-state index contributed by atoms with van der Waals surface area (Å²) in [4.78, 5) is 4.44. The van der Waals surface area contributed by atoms with Crippen LogP contribution in [0.4, 0.5) is 0 Å². The molecule has 0 saturated heterocycles. The van der Waals surface area contributed by atoms with E-state index < -0.39 is 6.10 Å². The van der Waals surface area contributed by atoms with Crippen molar-refractivity contribution in [2.24, 2.45) is 0 Å². The molecule has 1 unspecified atom stereocenters. The van der Waals surface area contributed by atoms with E-state index in [4.69, 9.17) is 9.47 Å². The van der Waals surface area contributed by atoms with Crippen molar-refractivity contribution in [3.8, 4) is 11.5 Å². The third-order valence-electron chi connectivity index (χ3n) is 3.25. The Kier molecular flexibility index (Phi) is 3.16. The number of aromatic nitrogens is 1. The first-order valence-electron chi connectivity index (χ1n) is 6.12. The molecule has 0 radical (unpaired) electrons. The van der Waals surface area contributed by atoms with Crippen LogP contribution in [0.5, 0.6) is 11.5 Å². The summed E-state index contributed by atoms with van der Waals surface area (Å²) >= 11 is 1.59. The van der Waals surface area contributed by atoms with Gasteiger partial charge in [-0.1, -0.05) is 0 Å². The third kappa shape index (κ3) is 2.31. The third-order valence-corrected chi connectivity index (χ3v) is 4.04. The van der Waals surface area contributed by atoms with E-state index in [-0.39, 0.29) is 6.10 Å². The van der Waals surface area contributed by atoms with E-state index in [0.717, 1.165) is 22.0 Å². The Morgan fingerprint density at radius 1 is 1.47 bits per heavy atom. The lowest BCUT2D eigenvalue weighted by molar-refractivity contribution is 0.0637. The van der Waals surface area contributed by atoms with E-state index in [0.29, 0.717) is 12.2 Å². The van der Waals surface area contributed by atoms with Crippen LogP contribution >= 0.6 is 11.3 Å². The summed E-state index contributed by atoms with van der Waals surface area (Å²) in [6.07, 6.45) is -0.191. The van der Waals surface area contributed by atoms with Crippen molar-refractivity contribution >= 4 is 11.3 Å². The van der Waals surface area contributed by atoms with Gasteiger partial charge in [-0.25, -0.2) is 4.98 Å². The standard InChI is InChI=1S/C14H15NO3S/c1-8-15-11(7-19-8)14-6-12(16)10-4-3-9(17-2)5-13(10)18-14/h3-5,7,12,14,16H,6H2,1-2H3/t12-,14?/m0/s1. The maximum Gasteiger partial charge on any atom is 0.144 e. The zero-order valence-electron chi connectivity index (χ0n) is 10.8. The van der Waals surface area contributed by atoms with Crippen LogP contribution in [-0.2, 0) is 0 Å². The molecule has 1 aliphatic rings. The Bertz CT molecular complexity index is 596. The molecule has 0 bridgehead atoms. The Labute approximate surface area is 115 Å². The molecular formula is C14H15NO3S. The smallest absolute Gasteiger partial charge is 0.144 e. The fourth-order valence-corrected chi connectivity index (χ4v) is 2.91. The largest absolute Gasteiger partial charge is 0.497 e. The van der Waals surface area contributed by atoms with Gasteiger partial charge >= 0.3 is 0 Å². The fourth-order valence-electron chi connectivity index (χ4n) is 2.26. The molecule has 2 atom stereocenters. The zero-order chi connectivity index (χ0) is 13.4. The van der Waals surface area contributed by atoms with Gasteiger partial charge < -0.3 is 14.6 Å². The second-order valence-corrected chi connectivity index (χ2v) is 5.62. The van der Waals surface area contributed by atoms with Crippen LogP contribution in [0.25, 0.3) is 0 Å². The van der Waals surface area contributed by atoms with Crippen LogP contribution in [0.2, 0.25) is 0 Å². The van der Waals surface area contributed by atoms with E-state index in [1.807, 2.05) is 30.5 Å². The lowest BCUT2D eigenvalue weighted by Crippen LogP contribution is -2.19. The zero-order valence-corrected chi connectivity index (χ0v) is 11.6. The summed E-state index contributed by atoms with van der Waals surface area (Å²) in [5.74, 6) is 1.40. The highest BCUT2D eigenvalue weighted by Crippen LogP contribution is 2.42. The first-order valence-corrected chi connectivity index (χ1v) is 7.00. The summed E-state index contributed by atoms with van der Waals surface area (Å²) in [5.41, 5.74) is 1.69. The highest BCUT2D eigenvalue weighted by Gasteiger charge is 2.29. The molecular weight excluding hydrogens is 262 g/mol. The number of hydrogen-bond acceptors (Lipinski definition) is 5. The van der Waals surface area contributed by atoms with E-state index >= 15 is 0 Å². The molecule has 3 rings (SSSR count). The van der Waals surface area contributed by atoms with E-state index in [1.54, 1.807) is 18.4 Å². The Morgan fingerprint density at radius 2 is 2.32 bits per heavy atom. The molecule has 1 N–H and O–H groups in total. The minimum absolute atomic E-state index is 0.195. The van der Waals surface area contributed by atoms with Crippen LogP contribution in [0, 0.1) is 6.92 Å². The molecule has 0 aliphatic carbocycles. The SMILES string of the molecule is COc1ccc2c(c1)OC(c1csc(C)n1)C[C@@H]2O. The molecule has 0 amide bonds. The number of ether oxygens (including phenoxy) is 2. The molecule has 1 aromatic carbocycles. The summed E-state index contributed by atoms with van der Waals surface area (Å²) in [7, 11) is 1.61. The van der Waals surface area contributed by atoms with Crippen molar-refractivity contribution < 1.29 is 14.6 Å². The topological polar surface area (TPSA) is 51.6 Å². The van der Waals surface area contributed by atoms with Crippen molar-refractivity contribution in [3.63, 3.8) is 0 Å². The van der Waals surface area contributed by atoms with Gasteiger partial charge in [0.2, 0.25) is 0 Å². The molecule has 2 aromatic rings. The molecule has 19 heavy (non-hydrogen) atoms. The Hall–Kier alpha value is -1.59. The molecule has 1 aromatic heterocycles. The molecule has 0 fully saturated rings. The lowest BCUT2D eigenvalue weighted by atomic mass is 9.98. The monoisotopic (exact) mass is 277 g/mol. The quantitative estimate of drug-likeness (QED) is 0.916. The number of hydrogen-bond donors (Lipinski definition) is 1. The highest BCUT2D eigenvalue weighted by molar-refractivity contribution is 7.09. The van der Waals surface area contributed by atoms with Crippen LogP contribution < -0.4 is 9.47 Å². The van der Waals surface area contributed by atoms with Crippen LogP contribution in [-0.4, -0.2) is 17.2 Å². The number of methoxy groups -OCH3 is 1. The number of thiazole rings is 1. The summed E-state index contributed by atoms with van der Waals surface area (Å²) in [6.45, 7) is 1.96. The summed E-state index contributed by atoms with van der Waals surface area (Å²) < 4.78 is 11.1. The van der Waals surface area contributed by atoms with Gasteiger partial charge in [0.25, 0.3) is 0 Å². The van der Waals surface area contributed by atoms with Gasteiger partial charge in [0, 0.05) is 23.4 Å². The molecule has 2 heterocycles. The first-order chi connectivity index (χ1) is 9.17. The number of aryl methyl sites for hydroxylation is 1. The van der Waals surface area contributed by atoms with Crippen molar-refractivity contribution in [2.45, 2.75) is 25.6 Å². The maximum absolute atomic E-state index is 10.2. The molecule has 100 valence electrons. The van der Waals surface area contributed by atoms with Gasteiger partial charge in [-0.15, -0.1) is 11.3 Å². The summed E-state index contributed by atoms with van der Waals surface area (Å²) in [6, 6.07) is 5.49. The molecule has 5 heteroatoms. The second-order valence-electron chi connectivity index (χ2n) is 4.55. The Balaban J connectivity index is 1.93. The number of fused-ring (bicyclic) bond motifs is 1. The predicted octanol–water partition coefficient (Wildman–Crippen LogP) is 3.02. The minimum Gasteiger partial charge on any atom is -0.497 e. The van der Waals surface area contributed by atoms with Crippen molar-refractivity contribution in [1.82, 2.24) is 4.98 Å². The number of benzene rings is 1. The fraction of sp³-hybridized carbons (Fsp3) is 0.357. The van der Waals surface area contributed by atoms with Gasteiger partial charge in [0.05, 0.1) is 23.9 Å². The molecule has 4 nitrogen and oxygen atoms in total. The van der Waals surface area contributed by atoms with Crippen molar-refractivity contribution in [1.29, 1.82) is 0 Å². The van der Waals surface area contributed by atoms with Crippen molar-refractivity contribution in [3.05, 3.63) is 39.8 Å². The summed E-state index contributed by atoms with van der Waals surface area (Å²) in [5, 5.41) is 13.2. The van der Waals surface area contributed by atoms with Gasteiger partial charge in [-0.05, 0) is 19.1 Å². The predicted molar refractivity (Wildman–Crippen MR) is 72.8 cm³/mol. The molecule has 0 saturated carbocycles. The average molecular weight is 277 g/mol. The number of aliphatic hydroxyl groups is 1. The highest BCUT2D eigenvalue weighted by atomic mass is 32.1. The average Bonchev–Trinajstić information content (AvgIpc) is 2.84. The normalized spacial score (nSPS) is 21.6. The van der Waals surface area contributed by atoms with Crippen LogP contribution in [0.3, 0.4) is 0 Å².